The number of hydrogen-bond acceptors (Lipinski definition) is 4. The molecule has 0 saturated carbocycles. The van der Waals surface area contributed by atoms with E-state index in [1.54, 1.807) is 6.20 Å². The highest BCUT2D eigenvalue weighted by atomic mass is 16.5. The Labute approximate surface area is 116 Å². The second kappa shape index (κ2) is 7.34. The van der Waals surface area contributed by atoms with Crippen molar-refractivity contribution in [2.24, 2.45) is 11.1 Å². The van der Waals surface area contributed by atoms with E-state index in [1.807, 2.05) is 12.1 Å². The molecule has 4 heteroatoms. The highest BCUT2D eigenvalue weighted by Gasteiger charge is 2.25. The quantitative estimate of drug-likeness (QED) is 0.795. The van der Waals surface area contributed by atoms with Gasteiger partial charge in [0.15, 0.2) is 11.6 Å². The standard InChI is InChI=1S/C15H27N3O/c1-5-11-19-12-7-6-10-17-14(12)18-13(8-9-16)15(2,3)4/h6-7,10,13H,5,8-9,11,16H2,1-4H3,(H,17,18). The van der Waals surface area contributed by atoms with Crippen molar-refractivity contribution < 1.29 is 4.74 Å². The third kappa shape index (κ3) is 5.07. The van der Waals surface area contributed by atoms with Gasteiger partial charge in [0.1, 0.15) is 0 Å². The maximum atomic E-state index is 5.72. The Balaban J connectivity index is 2.83. The Kier molecular flexibility index (Phi) is 6.09. The molecule has 1 rings (SSSR count). The van der Waals surface area contributed by atoms with Crippen LogP contribution in [-0.4, -0.2) is 24.2 Å². The normalized spacial score (nSPS) is 13.1. The van der Waals surface area contributed by atoms with Gasteiger partial charge in [-0.05, 0) is 36.9 Å². The van der Waals surface area contributed by atoms with Crippen LogP contribution in [0.25, 0.3) is 0 Å². The first-order valence-corrected chi connectivity index (χ1v) is 7.03. The molecule has 0 aliphatic heterocycles. The van der Waals surface area contributed by atoms with Crippen molar-refractivity contribution in [1.82, 2.24) is 4.98 Å². The molecule has 0 amide bonds. The molecule has 0 radical (unpaired) electrons. The molecule has 0 spiro atoms. The molecule has 1 atom stereocenters. The molecule has 0 fully saturated rings. The molecular weight excluding hydrogens is 238 g/mol. The lowest BCUT2D eigenvalue weighted by Gasteiger charge is -2.32. The third-order valence-corrected chi connectivity index (χ3v) is 3.04. The van der Waals surface area contributed by atoms with Gasteiger partial charge >= 0.3 is 0 Å². The number of pyridine rings is 1. The zero-order valence-electron chi connectivity index (χ0n) is 12.6. The van der Waals surface area contributed by atoms with E-state index >= 15 is 0 Å². The van der Waals surface area contributed by atoms with Crippen molar-refractivity contribution in [3.63, 3.8) is 0 Å². The Morgan fingerprint density at radius 2 is 2.16 bits per heavy atom. The molecule has 4 nitrogen and oxygen atoms in total. The first kappa shape index (κ1) is 15.8. The van der Waals surface area contributed by atoms with Crippen LogP contribution in [0.3, 0.4) is 0 Å². The van der Waals surface area contributed by atoms with Gasteiger partial charge in [-0.25, -0.2) is 4.98 Å². The number of rotatable bonds is 7. The maximum Gasteiger partial charge on any atom is 0.168 e. The highest BCUT2D eigenvalue weighted by molar-refractivity contribution is 5.50. The van der Waals surface area contributed by atoms with Gasteiger partial charge in [0.05, 0.1) is 6.61 Å². The second-order valence-corrected chi connectivity index (χ2v) is 5.84. The van der Waals surface area contributed by atoms with Crippen LogP contribution in [0.4, 0.5) is 5.82 Å². The lowest BCUT2D eigenvalue weighted by molar-refractivity contribution is 0.310. The largest absolute Gasteiger partial charge is 0.490 e. The fourth-order valence-corrected chi connectivity index (χ4v) is 1.88. The van der Waals surface area contributed by atoms with Crippen LogP contribution in [0.5, 0.6) is 5.75 Å². The Morgan fingerprint density at radius 1 is 1.42 bits per heavy atom. The average molecular weight is 265 g/mol. The van der Waals surface area contributed by atoms with E-state index in [9.17, 15) is 0 Å². The first-order valence-electron chi connectivity index (χ1n) is 7.03. The summed E-state index contributed by atoms with van der Waals surface area (Å²) in [5, 5.41) is 3.48. The van der Waals surface area contributed by atoms with E-state index in [-0.39, 0.29) is 11.5 Å². The molecule has 108 valence electrons. The SMILES string of the molecule is CCCOc1cccnc1NC(CCN)C(C)(C)C. The van der Waals surface area contributed by atoms with Gasteiger partial charge in [0.25, 0.3) is 0 Å². The van der Waals surface area contributed by atoms with Crippen molar-refractivity contribution in [2.45, 2.75) is 46.6 Å². The zero-order chi connectivity index (χ0) is 14.3. The monoisotopic (exact) mass is 265 g/mol. The molecule has 1 aromatic rings. The Hall–Kier alpha value is -1.29. The molecule has 1 heterocycles. The lowest BCUT2D eigenvalue weighted by Crippen LogP contribution is -2.36. The lowest BCUT2D eigenvalue weighted by atomic mass is 9.85. The van der Waals surface area contributed by atoms with E-state index in [2.05, 4.69) is 38.0 Å². The summed E-state index contributed by atoms with van der Waals surface area (Å²) in [6, 6.07) is 4.12. The summed E-state index contributed by atoms with van der Waals surface area (Å²) in [4.78, 5) is 4.39. The smallest absolute Gasteiger partial charge is 0.168 e. The van der Waals surface area contributed by atoms with Crippen LogP contribution in [0.1, 0.15) is 40.5 Å². The van der Waals surface area contributed by atoms with Crippen LogP contribution < -0.4 is 15.8 Å². The summed E-state index contributed by atoms with van der Waals surface area (Å²) < 4.78 is 5.72. The van der Waals surface area contributed by atoms with Crippen molar-refractivity contribution in [3.05, 3.63) is 18.3 Å². The van der Waals surface area contributed by atoms with Crippen LogP contribution in [-0.2, 0) is 0 Å². The summed E-state index contributed by atoms with van der Waals surface area (Å²) in [6.07, 6.45) is 3.68. The van der Waals surface area contributed by atoms with Crippen LogP contribution in [0.2, 0.25) is 0 Å². The number of anilines is 1. The first-order chi connectivity index (χ1) is 8.99. The summed E-state index contributed by atoms with van der Waals surface area (Å²) >= 11 is 0. The van der Waals surface area contributed by atoms with Gasteiger partial charge in [0.2, 0.25) is 0 Å². The van der Waals surface area contributed by atoms with Gasteiger partial charge in [-0.3, -0.25) is 0 Å². The van der Waals surface area contributed by atoms with Gasteiger partial charge < -0.3 is 15.8 Å². The van der Waals surface area contributed by atoms with E-state index in [1.165, 1.54) is 0 Å². The molecule has 3 N–H and O–H groups in total. The van der Waals surface area contributed by atoms with Crippen LogP contribution in [0.15, 0.2) is 18.3 Å². The molecule has 0 aliphatic rings. The second-order valence-electron chi connectivity index (χ2n) is 5.84. The fraction of sp³-hybridized carbons (Fsp3) is 0.667. The molecule has 19 heavy (non-hydrogen) atoms. The maximum absolute atomic E-state index is 5.72. The van der Waals surface area contributed by atoms with Crippen molar-refractivity contribution in [3.8, 4) is 5.75 Å². The highest BCUT2D eigenvalue weighted by Crippen LogP contribution is 2.28. The third-order valence-electron chi connectivity index (χ3n) is 3.04. The summed E-state index contributed by atoms with van der Waals surface area (Å²) in [5.41, 5.74) is 5.83. The van der Waals surface area contributed by atoms with Gasteiger partial charge in [-0.2, -0.15) is 0 Å². The Morgan fingerprint density at radius 3 is 2.74 bits per heavy atom. The predicted molar refractivity (Wildman–Crippen MR) is 80.6 cm³/mol. The molecule has 0 bridgehead atoms. The number of ether oxygens (including phenoxy) is 1. The van der Waals surface area contributed by atoms with Crippen molar-refractivity contribution in [1.29, 1.82) is 0 Å². The zero-order valence-corrected chi connectivity index (χ0v) is 12.6. The van der Waals surface area contributed by atoms with Crippen LogP contribution >= 0.6 is 0 Å². The molecule has 1 unspecified atom stereocenters. The van der Waals surface area contributed by atoms with Crippen molar-refractivity contribution >= 4 is 5.82 Å². The number of nitrogens with zero attached hydrogens (tertiary/aromatic N) is 1. The predicted octanol–water partition coefficient (Wildman–Crippen LogP) is 3.05. The minimum Gasteiger partial charge on any atom is -0.490 e. The van der Waals surface area contributed by atoms with Crippen molar-refractivity contribution in [2.75, 3.05) is 18.5 Å². The van der Waals surface area contributed by atoms with E-state index in [0.717, 1.165) is 24.4 Å². The topological polar surface area (TPSA) is 60.2 Å². The molecule has 1 aromatic heterocycles. The number of hydrogen-bond donors (Lipinski definition) is 2. The molecule has 0 aliphatic carbocycles. The molecular formula is C15H27N3O. The number of nitrogens with one attached hydrogen (secondary N) is 1. The van der Waals surface area contributed by atoms with Crippen LogP contribution in [0, 0.1) is 5.41 Å². The fourth-order valence-electron chi connectivity index (χ4n) is 1.88. The molecule has 0 saturated heterocycles. The average Bonchev–Trinajstić information content (AvgIpc) is 2.36. The summed E-state index contributed by atoms with van der Waals surface area (Å²) in [7, 11) is 0. The van der Waals surface area contributed by atoms with Gasteiger partial charge in [-0.15, -0.1) is 0 Å². The number of aromatic nitrogens is 1. The van der Waals surface area contributed by atoms with E-state index in [4.69, 9.17) is 10.5 Å². The van der Waals surface area contributed by atoms with Gasteiger partial charge in [-0.1, -0.05) is 27.7 Å². The summed E-state index contributed by atoms with van der Waals surface area (Å²) in [5.74, 6) is 1.62. The van der Waals surface area contributed by atoms with Gasteiger partial charge in [0, 0.05) is 12.2 Å². The molecule has 0 aromatic carbocycles. The van der Waals surface area contributed by atoms with E-state index < -0.39 is 0 Å². The Bertz CT molecular complexity index is 374. The number of nitrogens with two attached hydrogens (primary N) is 1. The summed E-state index contributed by atoms with van der Waals surface area (Å²) in [6.45, 7) is 10.1. The minimum absolute atomic E-state index is 0.124. The minimum atomic E-state index is 0.124. The van der Waals surface area contributed by atoms with E-state index in [0.29, 0.717) is 13.2 Å².